The molecule has 3 unspecified atom stereocenters. The first kappa shape index (κ1) is 52.4. The van der Waals surface area contributed by atoms with Gasteiger partial charge in [-0.25, -0.2) is 0 Å². The summed E-state index contributed by atoms with van der Waals surface area (Å²) >= 11 is 5.27. The van der Waals surface area contributed by atoms with Crippen molar-refractivity contribution in [3.05, 3.63) is 48.5 Å². The second-order valence-corrected chi connectivity index (χ2v) is 12.8. The standard InChI is InChI=1S/C22H26O8.C16H18O6.C3H5ClO.CH4.K.H2O/c1-23-17-5-13(6-18(24-2)21(17)29-11-15-9-27-15)14-7-19(25-3)22(20(8-14)26-4)30-12-16-10-28-16;1-19-11-5-9(6-12(20-2)15(11)17)10-7-13(21-3)16(18)14(8-10)22-4;4-1-3-2-5-3;;;/h5-8,15-16H,9-12H2,1-4H3;5-8,17-18H,1-4H3;3H,1-2H2;1H4;;1H2/q;;;;+1;/p-1. The van der Waals surface area contributed by atoms with E-state index in [9.17, 15) is 10.2 Å². The van der Waals surface area contributed by atoms with Crippen LogP contribution in [0.3, 0.4) is 0 Å². The van der Waals surface area contributed by atoms with Crippen LogP contribution in [0.5, 0.6) is 69.0 Å². The Balaban J connectivity index is 0.000000365. The average molecular weight is 889 g/mol. The molecule has 0 spiro atoms. The van der Waals surface area contributed by atoms with Gasteiger partial charge in [0, 0.05) is 0 Å². The first-order valence-electron chi connectivity index (χ1n) is 17.7. The average Bonchev–Trinajstić information content (AvgIpc) is 4.09. The van der Waals surface area contributed by atoms with Crippen LogP contribution in [0.4, 0.5) is 0 Å². The maximum absolute atomic E-state index is 9.97. The zero-order chi connectivity index (χ0) is 41.1. The number of benzene rings is 4. The zero-order valence-electron chi connectivity index (χ0n) is 34.6. The van der Waals surface area contributed by atoms with Gasteiger partial charge in [0.2, 0.25) is 23.0 Å². The summed E-state index contributed by atoms with van der Waals surface area (Å²) in [6.45, 7) is 3.20. The second kappa shape index (κ2) is 25.2. The first-order chi connectivity index (χ1) is 27.6. The van der Waals surface area contributed by atoms with Gasteiger partial charge in [-0.1, -0.05) is 7.43 Å². The Hall–Kier alpha value is -3.75. The number of phenolic OH excluding ortho intramolecular Hbond substituents is 2. The van der Waals surface area contributed by atoms with E-state index in [0.717, 1.165) is 17.7 Å². The van der Waals surface area contributed by atoms with Gasteiger partial charge >= 0.3 is 51.4 Å². The normalized spacial score (nSPS) is 16.1. The summed E-state index contributed by atoms with van der Waals surface area (Å²) in [5, 5.41) is 19.9. The van der Waals surface area contributed by atoms with Crippen LogP contribution in [0.25, 0.3) is 22.3 Å². The Bertz CT molecular complexity index is 1720. The van der Waals surface area contributed by atoms with Crippen molar-refractivity contribution in [1.82, 2.24) is 0 Å². The molecule has 0 aliphatic carbocycles. The molecule has 4 aromatic rings. The van der Waals surface area contributed by atoms with Gasteiger partial charge in [-0.05, 0) is 70.8 Å². The van der Waals surface area contributed by atoms with Crippen molar-refractivity contribution in [1.29, 1.82) is 0 Å². The molecular weight excluding hydrogens is 835 g/mol. The Morgan fingerprint density at radius 2 is 0.683 bits per heavy atom. The fourth-order valence-corrected chi connectivity index (χ4v) is 5.51. The van der Waals surface area contributed by atoms with Crippen molar-refractivity contribution >= 4 is 11.6 Å². The van der Waals surface area contributed by atoms with Gasteiger partial charge in [0.05, 0.1) is 88.7 Å². The maximum Gasteiger partial charge on any atom is 1.00 e. The molecule has 326 valence electrons. The molecule has 4 aromatic carbocycles. The number of aromatic hydroxyl groups is 2. The van der Waals surface area contributed by atoms with Gasteiger partial charge in [-0.3, -0.25) is 0 Å². The molecule has 18 heteroatoms. The summed E-state index contributed by atoms with van der Waals surface area (Å²) < 4.78 is 69.8. The number of phenols is 2. The van der Waals surface area contributed by atoms with Crippen LogP contribution in [0.1, 0.15) is 7.43 Å². The topological polar surface area (TPSA) is 200 Å². The smallest absolute Gasteiger partial charge is 0.870 e. The molecule has 3 atom stereocenters. The van der Waals surface area contributed by atoms with E-state index >= 15 is 0 Å². The minimum Gasteiger partial charge on any atom is -0.870 e. The number of epoxide rings is 3. The summed E-state index contributed by atoms with van der Waals surface area (Å²) in [6.07, 6.45) is 0.652. The Kier molecular flexibility index (Phi) is 22.0. The zero-order valence-corrected chi connectivity index (χ0v) is 38.5. The molecule has 0 bridgehead atoms. The molecule has 0 aromatic heterocycles. The summed E-state index contributed by atoms with van der Waals surface area (Å²) in [7, 11) is 12.2. The van der Waals surface area contributed by atoms with Gasteiger partial charge in [-0.2, -0.15) is 0 Å². The summed E-state index contributed by atoms with van der Waals surface area (Å²) in [6, 6.07) is 14.2. The van der Waals surface area contributed by atoms with E-state index in [1.807, 2.05) is 24.3 Å². The molecule has 3 aliphatic heterocycles. The van der Waals surface area contributed by atoms with Crippen LogP contribution in [0.2, 0.25) is 0 Å². The van der Waals surface area contributed by atoms with Crippen LogP contribution in [-0.4, -0.2) is 130 Å². The molecule has 0 amide bonds. The van der Waals surface area contributed by atoms with E-state index in [1.165, 1.54) is 28.4 Å². The summed E-state index contributed by atoms with van der Waals surface area (Å²) in [5.74, 6) is 4.97. The minimum absolute atomic E-state index is 0. The van der Waals surface area contributed by atoms with Crippen molar-refractivity contribution in [3.63, 3.8) is 0 Å². The van der Waals surface area contributed by atoms with E-state index in [-0.39, 0.29) is 111 Å². The minimum atomic E-state index is -0.0774. The van der Waals surface area contributed by atoms with Crippen molar-refractivity contribution in [3.8, 4) is 91.2 Å². The van der Waals surface area contributed by atoms with Crippen LogP contribution < -0.4 is 98.8 Å². The third-order valence-electron chi connectivity index (χ3n) is 8.75. The third kappa shape index (κ3) is 13.9. The van der Waals surface area contributed by atoms with Crippen molar-refractivity contribution in [2.75, 3.05) is 95.8 Å². The van der Waals surface area contributed by atoms with Crippen LogP contribution in [0.15, 0.2) is 48.5 Å². The van der Waals surface area contributed by atoms with E-state index in [1.54, 1.807) is 52.7 Å². The van der Waals surface area contributed by atoms with Crippen molar-refractivity contribution in [2.24, 2.45) is 0 Å². The number of alkyl halides is 1. The molecule has 0 saturated carbocycles. The molecule has 60 heavy (non-hydrogen) atoms. The Morgan fingerprint density at radius 3 is 0.850 bits per heavy atom. The second-order valence-electron chi connectivity index (χ2n) is 12.5. The molecule has 16 nitrogen and oxygen atoms in total. The fourth-order valence-electron chi connectivity index (χ4n) is 5.34. The van der Waals surface area contributed by atoms with Crippen LogP contribution in [-0.2, 0) is 14.2 Å². The molecule has 3 saturated heterocycles. The molecule has 3 N–H and O–H groups in total. The van der Waals surface area contributed by atoms with E-state index in [2.05, 4.69) is 0 Å². The predicted octanol–water partition coefficient (Wildman–Crippen LogP) is 3.83. The number of ether oxygens (including phenoxy) is 13. The van der Waals surface area contributed by atoms with Gasteiger partial charge in [0.1, 0.15) is 25.4 Å². The molecule has 3 aliphatic rings. The first-order valence-corrected chi connectivity index (χ1v) is 18.3. The SMILES string of the molecule is C.COc1cc(-c2cc(OC)c(O)c(OC)c2)cc(OC)c1O.COc1cc(-c2cc(OC)c(OCC3CO3)c(OC)c2)cc(OC)c1OCC1CO1.ClCC1CO1.[K+].[OH-]. The van der Waals surface area contributed by atoms with Crippen LogP contribution >= 0.6 is 11.6 Å². The number of halogens is 1. The number of rotatable bonds is 17. The van der Waals surface area contributed by atoms with Gasteiger partial charge < -0.3 is 77.3 Å². The largest absolute Gasteiger partial charge is 1.00 e. The third-order valence-corrected chi connectivity index (χ3v) is 9.10. The van der Waals surface area contributed by atoms with Crippen LogP contribution in [0, 0.1) is 0 Å². The Morgan fingerprint density at radius 1 is 0.467 bits per heavy atom. The quantitative estimate of drug-likeness (QED) is 0.0880. The number of hydrogen-bond donors (Lipinski definition) is 2. The van der Waals surface area contributed by atoms with Gasteiger partial charge in [0.25, 0.3) is 0 Å². The van der Waals surface area contributed by atoms with E-state index in [0.29, 0.717) is 84.0 Å². The molecule has 7 rings (SSSR count). The van der Waals surface area contributed by atoms with Gasteiger partial charge in [0.15, 0.2) is 46.0 Å². The van der Waals surface area contributed by atoms with E-state index < -0.39 is 0 Å². The van der Waals surface area contributed by atoms with Crippen molar-refractivity contribution in [2.45, 2.75) is 25.7 Å². The van der Waals surface area contributed by atoms with Gasteiger partial charge in [-0.15, -0.1) is 11.6 Å². The number of hydrogen-bond acceptors (Lipinski definition) is 16. The fraction of sp³-hybridized carbons (Fsp3) is 0.429. The van der Waals surface area contributed by atoms with E-state index in [4.69, 9.17) is 73.2 Å². The summed E-state index contributed by atoms with van der Waals surface area (Å²) in [5.41, 5.74) is 3.13. The Labute approximate surface area is 398 Å². The molecular formula is C42H54ClKO16. The van der Waals surface area contributed by atoms with Crippen molar-refractivity contribution < 1.29 is 129 Å². The molecule has 3 heterocycles. The summed E-state index contributed by atoms with van der Waals surface area (Å²) in [4.78, 5) is 0. The monoisotopic (exact) mass is 888 g/mol. The number of methoxy groups -OCH3 is 8. The maximum atomic E-state index is 9.97. The molecule has 0 radical (unpaired) electrons. The molecule has 3 fully saturated rings. The predicted molar refractivity (Wildman–Crippen MR) is 219 cm³/mol.